The normalized spacial score (nSPS) is 18.8. The lowest BCUT2D eigenvalue weighted by atomic mass is 10.1. The molecule has 0 bridgehead atoms. The summed E-state index contributed by atoms with van der Waals surface area (Å²) in [7, 11) is 0. The molecule has 1 heterocycles. The maximum Gasteiger partial charge on any atom is 0.0787 e. The van der Waals surface area contributed by atoms with Gasteiger partial charge in [0.2, 0.25) is 0 Å². The molecule has 1 saturated heterocycles. The zero-order chi connectivity index (χ0) is 15.5. The molecule has 0 amide bonds. The van der Waals surface area contributed by atoms with Crippen LogP contribution in [0.3, 0.4) is 0 Å². The second kappa shape index (κ2) is 6.77. The topological polar surface area (TPSA) is 46.9 Å². The van der Waals surface area contributed by atoms with Gasteiger partial charge in [-0.2, -0.15) is 0 Å². The molecule has 21 heavy (non-hydrogen) atoms. The second-order valence-electron chi connectivity index (χ2n) is 6.59. The van der Waals surface area contributed by atoms with Crippen LogP contribution in [0, 0.1) is 0 Å². The molecule has 2 rings (SSSR count). The van der Waals surface area contributed by atoms with E-state index in [1.807, 2.05) is 32.9 Å². The molecular formula is C17H28N2O2. The van der Waals surface area contributed by atoms with E-state index in [9.17, 15) is 10.2 Å². The Labute approximate surface area is 128 Å². The maximum absolute atomic E-state index is 9.88. The summed E-state index contributed by atoms with van der Waals surface area (Å²) in [5, 5.41) is 19.7. The van der Waals surface area contributed by atoms with Crippen LogP contribution in [0.4, 0.5) is 5.69 Å². The standard InChI is InChI=1S/C17H28N2O2/c1-4-16(20)14-5-7-15(8-6-14)19-11-9-18(10-12-19)13-17(2,3)21/h5-8,16,20-21H,4,9-13H2,1-3H3/t16-/m1/s1. The van der Waals surface area contributed by atoms with Gasteiger partial charge in [-0.3, -0.25) is 4.90 Å². The molecule has 1 aliphatic rings. The van der Waals surface area contributed by atoms with Gasteiger partial charge in [0.05, 0.1) is 11.7 Å². The number of piperazine rings is 1. The van der Waals surface area contributed by atoms with Crippen molar-refractivity contribution >= 4 is 5.69 Å². The number of nitrogens with zero attached hydrogens (tertiary/aromatic N) is 2. The highest BCUT2D eigenvalue weighted by Gasteiger charge is 2.22. The van der Waals surface area contributed by atoms with Gasteiger partial charge in [-0.1, -0.05) is 19.1 Å². The number of hydrogen-bond donors (Lipinski definition) is 2. The summed E-state index contributed by atoms with van der Waals surface area (Å²) in [6.07, 6.45) is 0.386. The van der Waals surface area contributed by atoms with Crippen LogP contribution in [0.1, 0.15) is 38.9 Å². The van der Waals surface area contributed by atoms with Gasteiger partial charge in [0.1, 0.15) is 0 Å². The van der Waals surface area contributed by atoms with Gasteiger partial charge in [0, 0.05) is 38.4 Å². The van der Waals surface area contributed by atoms with E-state index >= 15 is 0 Å². The van der Waals surface area contributed by atoms with E-state index in [0.717, 1.165) is 44.7 Å². The zero-order valence-corrected chi connectivity index (χ0v) is 13.4. The van der Waals surface area contributed by atoms with E-state index in [2.05, 4.69) is 21.9 Å². The highest BCUT2D eigenvalue weighted by Crippen LogP contribution is 2.22. The van der Waals surface area contributed by atoms with Gasteiger partial charge in [0.15, 0.2) is 0 Å². The molecule has 1 aromatic carbocycles. The number of aliphatic hydroxyl groups is 2. The minimum atomic E-state index is -0.625. The smallest absolute Gasteiger partial charge is 0.0787 e. The Morgan fingerprint density at radius 3 is 2.14 bits per heavy atom. The van der Waals surface area contributed by atoms with Crippen LogP contribution >= 0.6 is 0 Å². The van der Waals surface area contributed by atoms with Crippen LogP contribution < -0.4 is 4.90 Å². The molecule has 0 spiro atoms. The summed E-state index contributed by atoms with van der Waals surface area (Å²) >= 11 is 0. The Morgan fingerprint density at radius 2 is 1.67 bits per heavy atom. The molecule has 4 nitrogen and oxygen atoms in total. The Kier molecular flexibility index (Phi) is 5.25. The van der Waals surface area contributed by atoms with Crippen molar-refractivity contribution in [3.8, 4) is 0 Å². The summed E-state index contributed by atoms with van der Waals surface area (Å²) in [6.45, 7) is 10.3. The highest BCUT2D eigenvalue weighted by molar-refractivity contribution is 5.48. The first kappa shape index (κ1) is 16.3. The Morgan fingerprint density at radius 1 is 1.10 bits per heavy atom. The molecule has 118 valence electrons. The molecule has 4 heteroatoms. The molecule has 2 N–H and O–H groups in total. The van der Waals surface area contributed by atoms with Crippen molar-refractivity contribution in [2.45, 2.75) is 38.9 Å². The van der Waals surface area contributed by atoms with Gasteiger partial charge >= 0.3 is 0 Å². The number of hydrogen-bond acceptors (Lipinski definition) is 4. The van der Waals surface area contributed by atoms with Gasteiger partial charge in [-0.05, 0) is 38.0 Å². The van der Waals surface area contributed by atoms with Crippen LogP contribution in [0.2, 0.25) is 0 Å². The number of benzene rings is 1. The number of rotatable bonds is 5. The Hall–Kier alpha value is -1.10. The molecule has 1 aliphatic heterocycles. The highest BCUT2D eigenvalue weighted by atomic mass is 16.3. The lowest BCUT2D eigenvalue weighted by Gasteiger charge is -2.38. The minimum absolute atomic E-state index is 0.359. The zero-order valence-electron chi connectivity index (χ0n) is 13.4. The van der Waals surface area contributed by atoms with Crippen LogP contribution in [0.25, 0.3) is 0 Å². The summed E-state index contributed by atoms with van der Waals surface area (Å²) < 4.78 is 0. The van der Waals surface area contributed by atoms with Crippen LogP contribution in [-0.2, 0) is 0 Å². The van der Waals surface area contributed by atoms with Crippen molar-refractivity contribution in [3.63, 3.8) is 0 Å². The van der Waals surface area contributed by atoms with E-state index in [1.54, 1.807) is 0 Å². The third kappa shape index (κ3) is 4.70. The third-order valence-corrected chi connectivity index (χ3v) is 4.01. The van der Waals surface area contributed by atoms with E-state index < -0.39 is 5.60 Å². The molecule has 0 aliphatic carbocycles. The van der Waals surface area contributed by atoms with Crippen molar-refractivity contribution in [3.05, 3.63) is 29.8 Å². The Balaban J connectivity index is 1.90. The second-order valence-corrected chi connectivity index (χ2v) is 6.59. The molecule has 0 unspecified atom stereocenters. The maximum atomic E-state index is 9.88. The first-order valence-electron chi connectivity index (χ1n) is 7.87. The predicted octanol–water partition coefficient (Wildman–Crippen LogP) is 2.02. The van der Waals surface area contributed by atoms with Crippen molar-refractivity contribution in [2.24, 2.45) is 0 Å². The molecular weight excluding hydrogens is 264 g/mol. The fraction of sp³-hybridized carbons (Fsp3) is 0.647. The average Bonchev–Trinajstić information content (AvgIpc) is 2.46. The SMILES string of the molecule is CC[C@@H](O)c1ccc(N2CCN(CC(C)(C)O)CC2)cc1. The predicted molar refractivity (Wildman–Crippen MR) is 86.6 cm³/mol. The lowest BCUT2D eigenvalue weighted by Crippen LogP contribution is -2.50. The van der Waals surface area contributed by atoms with Crippen LogP contribution in [0.5, 0.6) is 0 Å². The summed E-state index contributed by atoms with van der Waals surface area (Å²) in [5.74, 6) is 0. The van der Waals surface area contributed by atoms with Crippen LogP contribution in [-0.4, -0.2) is 53.4 Å². The first-order valence-corrected chi connectivity index (χ1v) is 7.87. The molecule has 1 atom stereocenters. The molecule has 0 aromatic heterocycles. The fourth-order valence-electron chi connectivity index (χ4n) is 2.85. The Bertz CT molecular complexity index is 431. The van der Waals surface area contributed by atoms with Gasteiger partial charge in [-0.15, -0.1) is 0 Å². The minimum Gasteiger partial charge on any atom is -0.389 e. The third-order valence-electron chi connectivity index (χ3n) is 4.01. The summed E-state index contributed by atoms with van der Waals surface area (Å²) in [6, 6.07) is 8.24. The van der Waals surface area contributed by atoms with Crippen molar-refractivity contribution < 1.29 is 10.2 Å². The van der Waals surface area contributed by atoms with Crippen LogP contribution in [0.15, 0.2) is 24.3 Å². The van der Waals surface area contributed by atoms with Crippen molar-refractivity contribution in [1.82, 2.24) is 4.90 Å². The summed E-state index contributed by atoms with van der Waals surface area (Å²) in [4.78, 5) is 4.68. The van der Waals surface area contributed by atoms with E-state index in [1.165, 1.54) is 5.69 Å². The summed E-state index contributed by atoms with van der Waals surface area (Å²) in [5.41, 5.74) is 1.58. The first-order chi connectivity index (χ1) is 9.89. The van der Waals surface area contributed by atoms with Gasteiger partial charge in [-0.25, -0.2) is 0 Å². The number of aliphatic hydroxyl groups excluding tert-OH is 1. The quantitative estimate of drug-likeness (QED) is 0.872. The van der Waals surface area contributed by atoms with Crippen molar-refractivity contribution in [2.75, 3.05) is 37.6 Å². The average molecular weight is 292 g/mol. The van der Waals surface area contributed by atoms with Crippen molar-refractivity contribution in [1.29, 1.82) is 0 Å². The monoisotopic (exact) mass is 292 g/mol. The number of anilines is 1. The molecule has 0 saturated carbocycles. The van der Waals surface area contributed by atoms with E-state index in [-0.39, 0.29) is 6.10 Å². The van der Waals surface area contributed by atoms with E-state index in [4.69, 9.17) is 0 Å². The molecule has 1 fully saturated rings. The van der Waals surface area contributed by atoms with E-state index in [0.29, 0.717) is 0 Å². The fourth-order valence-corrected chi connectivity index (χ4v) is 2.85. The van der Waals surface area contributed by atoms with Gasteiger partial charge < -0.3 is 15.1 Å². The van der Waals surface area contributed by atoms with Gasteiger partial charge in [0.25, 0.3) is 0 Å². The number of β-amino-alcohol motifs (C(OH)–C–C–N with tert-alkyl or cyclic N) is 1. The molecule has 0 radical (unpaired) electrons. The molecule has 1 aromatic rings. The largest absolute Gasteiger partial charge is 0.389 e. The lowest BCUT2D eigenvalue weighted by molar-refractivity contribution is 0.0345.